The lowest BCUT2D eigenvalue weighted by Crippen LogP contribution is -2.43. The number of carbonyl (C=O) groups is 1. The number of halogens is 4. The second kappa shape index (κ2) is 7.71. The van der Waals surface area contributed by atoms with Crippen LogP contribution in [0.25, 0.3) is 0 Å². The first kappa shape index (κ1) is 20.0. The lowest BCUT2D eigenvalue weighted by Gasteiger charge is -2.28. The third-order valence-electron chi connectivity index (χ3n) is 4.30. The molecule has 2 amide bonds. The molecule has 0 aromatic heterocycles. The summed E-state index contributed by atoms with van der Waals surface area (Å²) in [6.45, 7) is 1.82. The number of fused-ring (bicyclic) bond motifs is 1. The summed E-state index contributed by atoms with van der Waals surface area (Å²) in [5, 5.41) is 6.06. The van der Waals surface area contributed by atoms with Crippen LogP contribution in [-0.4, -0.2) is 36.7 Å². The second-order valence-electron chi connectivity index (χ2n) is 6.37. The van der Waals surface area contributed by atoms with E-state index in [0.717, 1.165) is 5.56 Å². The van der Waals surface area contributed by atoms with Crippen molar-refractivity contribution in [2.24, 2.45) is 5.10 Å². The number of anilines is 1. The van der Waals surface area contributed by atoms with E-state index in [1.165, 1.54) is 28.3 Å². The molecule has 1 atom stereocenters. The summed E-state index contributed by atoms with van der Waals surface area (Å²) in [7, 11) is 1.61. The minimum atomic E-state index is -4.77. The van der Waals surface area contributed by atoms with Crippen molar-refractivity contribution in [2.45, 2.75) is 25.7 Å². The average Bonchev–Trinajstić information content (AvgIpc) is 2.78. The van der Waals surface area contributed by atoms with Gasteiger partial charge in [0.1, 0.15) is 5.75 Å². The Morgan fingerprint density at radius 2 is 1.93 bits per heavy atom. The summed E-state index contributed by atoms with van der Waals surface area (Å²) in [5.41, 5.74) is 1.88. The van der Waals surface area contributed by atoms with Crippen molar-refractivity contribution in [3.8, 4) is 5.75 Å². The highest BCUT2D eigenvalue weighted by Crippen LogP contribution is 2.27. The van der Waals surface area contributed by atoms with E-state index in [1.807, 2.05) is 6.92 Å². The molecule has 0 unspecified atom stereocenters. The van der Waals surface area contributed by atoms with Gasteiger partial charge in [-0.25, -0.2) is 9.80 Å². The maximum Gasteiger partial charge on any atom is 0.573 e. The molecule has 9 heteroatoms. The van der Waals surface area contributed by atoms with Crippen molar-refractivity contribution >= 4 is 29.5 Å². The molecule has 148 valence electrons. The first-order chi connectivity index (χ1) is 13.1. The molecule has 3 rings (SSSR count). The van der Waals surface area contributed by atoms with Gasteiger partial charge in [-0.2, -0.15) is 5.10 Å². The lowest BCUT2D eigenvalue weighted by atomic mass is 10.0. The molecule has 1 aliphatic rings. The van der Waals surface area contributed by atoms with Gasteiger partial charge in [0.25, 0.3) is 0 Å². The Morgan fingerprint density at radius 1 is 1.25 bits per heavy atom. The van der Waals surface area contributed by atoms with Gasteiger partial charge in [0.2, 0.25) is 0 Å². The molecule has 0 saturated carbocycles. The standard InChI is InChI=1S/C19H17ClF3N3O2/c1-12-9-13-3-8-17(28-19(21,22)23)10-14(13)11-24-26(12)18(27)25(2)16-6-4-15(20)5-7-16/h3-8,10-12H,9H2,1-2H3/t12-/m0/s1. The van der Waals surface area contributed by atoms with E-state index in [4.69, 9.17) is 11.6 Å². The van der Waals surface area contributed by atoms with Gasteiger partial charge in [-0.15, -0.1) is 13.2 Å². The quantitative estimate of drug-likeness (QED) is 0.692. The van der Waals surface area contributed by atoms with Gasteiger partial charge in [0.05, 0.1) is 12.3 Å². The molecule has 0 saturated heterocycles. The fourth-order valence-corrected chi connectivity index (χ4v) is 3.01. The number of urea groups is 1. The van der Waals surface area contributed by atoms with Gasteiger partial charge >= 0.3 is 12.4 Å². The Morgan fingerprint density at radius 3 is 2.57 bits per heavy atom. The van der Waals surface area contributed by atoms with Crippen LogP contribution in [0, 0.1) is 0 Å². The van der Waals surface area contributed by atoms with Crippen LogP contribution in [0.1, 0.15) is 18.1 Å². The molecule has 28 heavy (non-hydrogen) atoms. The van der Waals surface area contributed by atoms with Crippen molar-refractivity contribution in [2.75, 3.05) is 11.9 Å². The number of ether oxygens (including phenoxy) is 1. The van der Waals surface area contributed by atoms with Gasteiger partial charge in [-0.05, 0) is 55.3 Å². The van der Waals surface area contributed by atoms with Gasteiger partial charge in [-0.3, -0.25) is 4.90 Å². The zero-order valence-corrected chi connectivity index (χ0v) is 15.8. The molecule has 5 nitrogen and oxygen atoms in total. The Labute approximate surface area is 164 Å². The van der Waals surface area contributed by atoms with E-state index in [2.05, 4.69) is 9.84 Å². The molecule has 2 aromatic carbocycles. The number of benzene rings is 2. The molecular weight excluding hydrogens is 395 g/mol. The third kappa shape index (κ3) is 4.56. The van der Waals surface area contributed by atoms with Crippen LogP contribution in [-0.2, 0) is 6.42 Å². The second-order valence-corrected chi connectivity index (χ2v) is 6.81. The van der Waals surface area contributed by atoms with Crippen LogP contribution < -0.4 is 9.64 Å². The van der Waals surface area contributed by atoms with E-state index < -0.39 is 6.36 Å². The molecule has 2 aromatic rings. The zero-order valence-electron chi connectivity index (χ0n) is 15.1. The van der Waals surface area contributed by atoms with Crippen LogP contribution in [0.2, 0.25) is 5.02 Å². The molecule has 0 radical (unpaired) electrons. The van der Waals surface area contributed by atoms with Crippen molar-refractivity contribution in [3.63, 3.8) is 0 Å². The minimum absolute atomic E-state index is 0.297. The normalized spacial score (nSPS) is 16.4. The van der Waals surface area contributed by atoms with E-state index in [0.29, 0.717) is 22.7 Å². The maximum atomic E-state index is 12.9. The number of hydrazone groups is 1. The smallest absolute Gasteiger partial charge is 0.406 e. The molecule has 0 bridgehead atoms. The fraction of sp³-hybridized carbons (Fsp3) is 0.263. The summed E-state index contributed by atoms with van der Waals surface area (Å²) in [6.07, 6.45) is -2.97. The maximum absolute atomic E-state index is 12.9. The Hall–Kier alpha value is -2.74. The van der Waals surface area contributed by atoms with E-state index in [1.54, 1.807) is 37.4 Å². The number of hydrogen-bond acceptors (Lipinski definition) is 3. The van der Waals surface area contributed by atoms with Gasteiger partial charge in [0, 0.05) is 23.3 Å². The Balaban J connectivity index is 1.82. The number of nitrogens with zero attached hydrogens (tertiary/aromatic N) is 3. The third-order valence-corrected chi connectivity index (χ3v) is 4.55. The van der Waals surface area contributed by atoms with E-state index in [-0.39, 0.29) is 17.8 Å². The highest BCUT2D eigenvalue weighted by molar-refractivity contribution is 6.30. The molecule has 1 heterocycles. The molecule has 0 aliphatic carbocycles. The van der Waals surface area contributed by atoms with Crippen molar-refractivity contribution in [1.29, 1.82) is 0 Å². The van der Waals surface area contributed by atoms with Crippen LogP contribution in [0.15, 0.2) is 47.6 Å². The number of rotatable bonds is 2. The molecule has 1 aliphatic heterocycles. The monoisotopic (exact) mass is 411 g/mol. The first-order valence-electron chi connectivity index (χ1n) is 8.39. The molecule has 0 N–H and O–H groups in total. The number of alkyl halides is 3. The predicted octanol–water partition coefficient (Wildman–Crippen LogP) is 5.08. The van der Waals surface area contributed by atoms with Crippen molar-refractivity contribution in [3.05, 3.63) is 58.6 Å². The first-order valence-corrected chi connectivity index (χ1v) is 8.77. The molecular formula is C19H17ClF3N3O2. The van der Waals surface area contributed by atoms with Crippen LogP contribution in [0.5, 0.6) is 5.75 Å². The van der Waals surface area contributed by atoms with Gasteiger partial charge < -0.3 is 4.74 Å². The van der Waals surface area contributed by atoms with Crippen LogP contribution in [0.4, 0.5) is 23.7 Å². The minimum Gasteiger partial charge on any atom is -0.406 e. The highest BCUT2D eigenvalue weighted by atomic mass is 35.5. The predicted molar refractivity (Wildman–Crippen MR) is 101 cm³/mol. The van der Waals surface area contributed by atoms with E-state index in [9.17, 15) is 18.0 Å². The summed E-state index contributed by atoms with van der Waals surface area (Å²) in [5.74, 6) is -0.330. The van der Waals surface area contributed by atoms with Crippen molar-refractivity contribution in [1.82, 2.24) is 5.01 Å². The Kier molecular flexibility index (Phi) is 5.51. The lowest BCUT2D eigenvalue weighted by molar-refractivity contribution is -0.274. The Bertz CT molecular complexity index is 900. The van der Waals surface area contributed by atoms with Crippen LogP contribution in [0.3, 0.4) is 0 Å². The van der Waals surface area contributed by atoms with Crippen LogP contribution >= 0.6 is 11.6 Å². The molecule has 0 spiro atoms. The zero-order chi connectivity index (χ0) is 20.5. The molecule has 0 fully saturated rings. The largest absolute Gasteiger partial charge is 0.573 e. The summed E-state index contributed by atoms with van der Waals surface area (Å²) in [6, 6.07) is 10.2. The SMILES string of the molecule is C[C@H]1Cc2ccc(OC(F)(F)F)cc2C=NN1C(=O)N(C)c1ccc(Cl)cc1. The summed E-state index contributed by atoms with van der Waals surface area (Å²) >= 11 is 5.88. The number of carbonyl (C=O) groups excluding carboxylic acids is 1. The van der Waals surface area contributed by atoms with Crippen molar-refractivity contribution < 1.29 is 22.7 Å². The van der Waals surface area contributed by atoms with Gasteiger partial charge in [0.15, 0.2) is 0 Å². The average molecular weight is 412 g/mol. The number of amides is 2. The fourth-order valence-electron chi connectivity index (χ4n) is 2.89. The van der Waals surface area contributed by atoms with E-state index >= 15 is 0 Å². The summed E-state index contributed by atoms with van der Waals surface area (Å²) < 4.78 is 41.3. The topological polar surface area (TPSA) is 45.1 Å². The van der Waals surface area contributed by atoms with Gasteiger partial charge in [-0.1, -0.05) is 17.7 Å². The summed E-state index contributed by atoms with van der Waals surface area (Å²) in [4.78, 5) is 14.3. The number of hydrogen-bond donors (Lipinski definition) is 0. The highest BCUT2D eigenvalue weighted by Gasteiger charge is 2.32.